The van der Waals surface area contributed by atoms with E-state index in [1.54, 1.807) is 0 Å². The maximum Gasteiger partial charge on any atom is 0.0802 e. The summed E-state index contributed by atoms with van der Waals surface area (Å²) in [6.07, 6.45) is 0.325. The largest absolute Gasteiger partial charge is 0.388 e. The maximum absolute atomic E-state index is 10.2. The molecule has 21 heavy (non-hydrogen) atoms. The second kappa shape index (κ2) is 7.60. The number of hydrogen-bond donors (Lipinski definition) is 1. The van der Waals surface area contributed by atoms with Gasteiger partial charge in [-0.05, 0) is 43.7 Å². The first-order valence-corrected chi connectivity index (χ1v) is 7.60. The highest BCUT2D eigenvalue weighted by molar-refractivity contribution is 6.30. The summed E-state index contributed by atoms with van der Waals surface area (Å²) in [4.78, 5) is 2.21. The summed E-state index contributed by atoms with van der Waals surface area (Å²) in [7, 11) is 2.07. The fourth-order valence-electron chi connectivity index (χ4n) is 2.28. The molecule has 1 atom stereocenters. The Labute approximate surface area is 132 Å². The van der Waals surface area contributed by atoms with E-state index in [-0.39, 0.29) is 0 Å². The molecule has 112 valence electrons. The SMILES string of the molecule is Cc1ccc(C(O)CCN(C)Cc2ccc(Cl)cc2)cc1. The van der Waals surface area contributed by atoms with Crippen LogP contribution in [-0.2, 0) is 6.54 Å². The van der Waals surface area contributed by atoms with Crippen LogP contribution in [0.5, 0.6) is 0 Å². The van der Waals surface area contributed by atoms with Gasteiger partial charge in [0.05, 0.1) is 6.10 Å². The zero-order valence-electron chi connectivity index (χ0n) is 12.6. The van der Waals surface area contributed by atoms with Crippen molar-refractivity contribution in [2.45, 2.75) is 26.0 Å². The van der Waals surface area contributed by atoms with Crippen molar-refractivity contribution in [3.05, 3.63) is 70.2 Å². The highest BCUT2D eigenvalue weighted by atomic mass is 35.5. The van der Waals surface area contributed by atoms with Crippen LogP contribution in [0.25, 0.3) is 0 Å². The van der Waals surface area contributed by atoms with Gasteiger partial charge in [-0.3, -0.25) is 0 Å². The summed E-state index contributed by atoms with van der Waals surface area (Å²) in [6, 6.07) is 16.0. The molecule has 0 radical (unpaired) electrons. The van der Waals surface area contributed by atoms with E-state index in [1.807, 2.05) is 48.5 Å². The average Bonchev–Trinajstić information content (AvgIpc) is 2.48. The second-order valence-electron chi connectivity index (χ2n) is 5.58. The molecule has 0 bridgehead atoms. The molecule has 0 fully saturated rings. The molecule has 1 N–H and O–H groups in total. The molecule has 0 aromatic heterocycles. The van der Waals surface area contributed by atoms with Gasteiger partial charge in [0.1, 0.15) is 0 Å². The number of nitrogens with zero attached hydrogens (tertiary/aromatic N) is 1. The predicted molar refractivity (Wildman–Crippen MR) is 88.5 cm³/mol. The Morgan fingerprint density at radius 1 is 1.05 bits per heavy atom. The van der Waals surface area contributed by atoms with E-state index in [0.29, 0.717) is 0 Å². The van der Waals surface area contributed by atoms with Crippen molar-refractivity contribution < 1.29 is 5.11 Å². The van der Waals surface area contributed by atoms with Crippen LogP contribution in [0.15, 0.2) is 48.5 Å². The molecule has 0 saturated heterocycles. The lowest BCUT2D eigenvalue weighted by Gasteiger charge is -2.19. The Bertz CT molecular complexity index is 550. The normalized spacial score (nSPS) is 12.6. The third-order valence-electron chi connectivity index (χ3n) is 3.61. The standard InChI is InChI=1S/C18H22ClNO/c1-14-3-7-16(8-4-14)18(21)11-12-20(2)13-15-5-9-17(19)10-6-15/h3-10,18,21H,11-13H2,1-2H3. The van der Waals surface area contributed by atoms with Gasteiger partial charge in [-0.1, -0.05) is 53.6 Å². The van der Waals surface area contributed by atoms with Gasteiger partial charge in [0.2, 0.25) is 0 Å². The van der Waals surface area contributed by atoms with E-state index in [1.165, 1.54) is 11.1 Å². The molecule has 0 aliphatic carbocycles. The van der Waals surface area contributed by atoms with Gasteiger partial charge < -0.3 is 10.0 Å². The van der Waals surface area contributed by atoms with Crippen molar-refractivity contribution in [1.29, 1.82) is 0 Å². The van der Waals surface area contributed by atoms with E-state index in [0.717, 1.165) is 30.1 Å². The van der Waals surface area contributed by atoms with Crippen molar-refractivity contribution in [2.75, 3.05) is 13.6 Å². The third kappa shape index (κ3) is 5.16. The number of aliphatic hydroxyl groups excluding tert-OH is 1. The number of benzene rings is 2. The van der Waals surface area contributed by atoms with E-state index in [4.69, 9.17) is 11.6 Å². The van der Waals surface area contributed by atoms with Crippen LogP contribution < -0.4 is 0 Å². The molecule has 2 aromatic carbocycles. The summed E-state index contributed by atoms with van der Waals surface area (Å²) in [6.45, 7) is 3.76. The van der Waals surface area contributed by atoms with Gasteiger partial charge in [0.25, 0.3) is 0 Å². The van der Waals surface area contributed by atoms with Gasteiger partial charge >= 0.3 is 0 Å². The molecule has 0 aliphatic heterocycles. The predicted octanol–water partition coefficient (Wildman–Crippen LogP) is 4.20. The number of hydrogen-bond acceptors (Lipinski definition) is 2. The van der Waals surface area contributed by atoms with Gasteiger partial charge in [-0.25, -0.2) is 0 Å². The van der Waals surface area contributed by atoms with Crippen molar-refractivity contribution in [3.63, 3.8) is 0 Å². The summed E-state index contributed by atoms with van der Waals surface area (Å²) in [5.74, 6) is 0. The summed E-state index contributed by atoms with van der Waals surface area (Å²) >= 11 is 5.88. The lowest BCUT2D eigenvalue weighted by Crippen LogP contribution is -2.20. The van der Waals surface area contributed by atoms with Crippen molar-refractivity contribution in [2.24, 2.45) is 0 Å². The zero-order valence-corrected chi connectivity index (χ0v) is 13.3. The Morgan fingerprint density at radius 2 is 1.67 bits per heavy atom. The molecular formula is C18H22ClNO. The molecule has 0 amide bonds. The second-order valence-corrected chi connectivity index (χ2v) is 6.02. The number of aliphatic hydroxyl groups is 1. The molecule has 0 spiro atoms. The van der Waals surface area contributed by atoms with Crippen LogP contribution in [0.1, 0.15) is 29.2 Å². The molecule has 0 heterocycles. The summed E-state index contributed by atoms with van der Waals surface area (Å²) in [5, 5.41) is 11.0. The fraction of sp³-hybridized carbons (Fsp3) is 0.333. The molecule has 0 saturated carbocycles. The van der Waals surface area contributed by atoms with Crippen LogP contribution in [0.2, 0.25) is 5.02 Å². The summed E-state index contributed by atoms with van der Waals surface area (Å²) < 4.78 is 0. The molecule has 2 nitrogen and oxygen atoms in total. The molecule has 2 aromatic rings. The van der Waals surface area contributed by atoms with Crippen LogP contribution >= 0.6 is 11.6 Å². The minimum absolute atomic E-state index is 0.404. The quantitative estimate of drug-likeness (QED) is 0.864. The van der Waals surface area contributed by atoms with E-state index in [2.05, 4.69) is 18.9 Å². The minimum Gasteiger partial charge on any atom is -0.388 e. The van der Waals surface area contributed by atoms with Crippen molar-refractivity contribution >= 4 is 11.6 Å². The van der Waals surface area contributed by atoms with Gasteiger partial charge in [0, 0.05) is 18.1 Å². The number of rotatable bonds is 6. The van der Waals surface area contributed by atoms with Crippen LogP contribution in [0, 0.1) is 6.92 Å². The topological polar surface area (TPSA) is 23.5 Å². The smallest absolute Gasteiger partial charge is 0.0802 e. The fourth-order valence-corrected chi connectivity index (χ4v) is 2.40. The zero-order chi connectivity index (χ0) is 15.2. The highest BCUT2D eigenvalue weighted by Gasteiger charge is 2.09. The van der Waals surface area contributed by atoms with Crippen molar-refractivity contribution in [1.82, 2.24) is 4.90 Å². The average molecular weight is 304 g/mol. The van der Waals surface area contributed by atoms with Crippen molar-refractivity contribution in [3.8, 4) is 0 Å². The first-order valence-electron chi connectivity index (χ1n) is 7.22. The van der Waals surface area contributed by atoms with E-state index >= 15 is 0 Å². The van der Waals surface area contributed by atoms with Gasteiger partial charge in [-0.15, -0.1) is 0 Å². The third-order valence-corrected chi connectivity index (χ3v) is 3.86. The van der Waals surface area contributed by atoms with Crippen LogP contribution in [0.3, 0.4) is 0 Å². The molecule has 2 rings (SSSR count). The maximum atomic E-state index is 10.2. The lowest BCUT2D eigenvalue weighted by atomic mass is 10.0. The molecule has 3 heteroatoms. The Morgan fingerprint density at radius 3 is 2.29 bits per heavy atom. The molecule has 0 aliphatic rings. The van der Waals surface area contributed by atoms with Crippen LogP contribution in [-0.4, -0.2) is 23.6 Å². The highest BCUT2D eigenvalue weighted by Crippen LogP contribution is 2.18. The summed E-state index contributed by atoms with van der Waals surface area (Å²) in [5.41, 5.74) is 3.43. The van der Waals surface area contributed by atoms with Gasteiger partial charge in [-0.2, -0.15) is 0 Å². The first kappa shape index (κ1) is 16.0. The minimum atomic E-state index is -0.404. The number of halogens is 1. The monoisotopic (exact) mass is 303 g/mol. The molecule has 1 unspecified atom stereocenters. The molecular weight excluding hydrogens is 282 g/mol. The van der Waals surface area contributed by atoms with E-state index < -0.39 is 6.10 Å². The van der Waals surface area contributed by atoms with Gasteiger partial charge in [0.15, 0.2) is 0 Å². The number of aryl methyl sites for hydroxylation is 1. The first-order chi connectivity index (χ1) is 10.0. The lowest BCUT2D eigenvalue weighted by molar-refractivity contribution is 0.147. The Kier molecular flexibility index (Phi) is 5.80. The van der Waals surface area contributed by atoms with Crippen LogP contribution in [0.4, 0.5) is 0 Å². The Balaban J connectivity index is 1.81. The van der Waals surface area contributed by atoms with E-state index in [9.17, 15) is 5.11 Å². The Hall–Kier alpha value is -1.35.